The van der Waals surface area contributed by atoms with Crippen LogP contribution in [0.1, 0.15) is 45.4 Å². The molecule has 1 aromatic heterocycles. The lowest BCUT2D eigenvalue weighted by Crippen LogP contribution is -2.38. The second kappa shape index (κ2) is 5.88. The minimum atomic E-state index is -0.554. The molecule has 0 unspecified atom stereocenters. The third-order valence-electron chi connectivity index (χ3n) is 3.35. The highest BCUT2D eigenvalue weighted by molar-refractivity contribution is 5.40. The first-order chi connectivity index (χ1) is 8.96. The predicted octanol–water partition coefficient (Wildman–Crippen LogP) is 2.10. The molecular formula is C15H25N3O. The number of anilines is 1. The first-order valence-electron chi connectivity index (χ1n) is 7.11. The molecule has 4 heteroatoms. The number of nitrogens with one attached hydrogen (secondary N) is 1. The molecule has 2 rings (SSSR count). The Morgan fingerprint density at radius 2 is 2.00 bits per heavy atom. The van der Waals surface area contributed by atoms with Crippen molar-refractivity contribution in [3.63, 3.8) is 0 Å². The van der Waals surface area contributed by atoms with Crippen molar-refractivity contribution in [2.24, 2.45) is 0 Å². The third kappa shape index (κ3) is 4.18. The fraction of sp³-hybridized carbons (Fsp3) is 0.667. The molecule has 0 aromatic carbocycles. The van der Waals surface area contributed by atoms with Crippen LogP contribution in [0.4, 0.5) is 5.82 Å². The highest BCUT2D eigenvalue weighted by Gasteiger charge is 2.17. The molecule has 0 aliphatic carbocycles. The van der Waals surface area contributed by atoms with Crippen LogP contribution >= 0.6 is 0 Å². The second-order valence-electron chi connectivity index (χ2n) is 6.26. The van der Waals surface area contributed by atoms with Gasteiger partial charge in [-0.05, 0) is 45.7 Å². The van der Waals surface area contributed by atoms with E-state index in [0.29, 0.717) is 6.54 Å². The van der Waals surface area contributed by atoms with Crippen LogP contribution in [0.2, 0.25) is 0 Å². The van der Waals surface area contributed by atoms with Crippen LogP contribution < -0.4 is 10.2 Å². The van der Waals surface area contributed by atoms with Gasteiger partial charge in [-0.1, -0.05) is 6.07 Å². The van der Waals surface area contributed by atoms with Crippen LogP contribution in [-0.4, -0.2) is 35.3 Å². The number of aliphatic hydroxyl groups excluding tert-OH is 1. The van der Waals surface area contributed by atoms with Gasteiger partial charge in [0.2, 0.25) is 0 Å². The molecule has 19 heavy (non-hydrogen) atoms. The summed E-state index contributed by atoms with van der Waals surface area (Å²) in [6.07, 6.45) is 1.92. The molecule has 1 fully saturated rings. The zero-order chi connectivity index (χ0) is 13.9. The second-order valence-corrected chi connectivity index (χ2v) is 6.26. The summed E-state index contributed by atoms with van der Waals surface area (Å²) in [7, 11) is 0. The van der Waals surface area contributed by atoms with Crippen LogP contribution in [0.15, 0.2) is 18.2 Å². The maximum Gasteiger partial charge on any atom is 0.128 e. The van der Waals surface area contributed by atoms with Crippen molar-refractivity contribution in [1.82, 2.24) is 10.3 Å². The average molecular weight is 263 g/mol. The molecule has 1 aliphatic rings. The summed E-state index contributed by atoms with van der Waals surface area (Å²) in [4.78, 5) is 6.88. The van der Waals surface area contributed by atoms with E-state index < -0.39 is 6.10 Å². The number of β-amino-alcohol motifs (C(OH)–C–C–N with tert-alkyl or cyclic N) is 1. The van der Waals surface area contributed by atoms with E-state index in [-0.39, 0.29) is 5.54 Å². The van der Waals surface area contributed by atoms with Crippen LogP contribution in [0.5, 0.6) is 0 Å². The zero-order valence-corrected chi connectivity index (χ0v) is 12.2. The van der Waals surface area contributed by atoms with Gasteiger partial charge in [-0.25, -0.2) is 4.98 Å². The third-order valence-corrected chi connectivity index (χ3v) is 3.35. The Morgan fingerprint density at radius 3 is 2.63 bits per heavy atom. The Balaban J connectivity index is 2.01. The fourth-order valence-corrected chi connectivity index (χ4v) is 2.25. The van der Waals surface area contributed by atoms with Gasteiger partial charge in [0.15, 0.2) is 0 Å². The standard InChI is InChI=1S/C15H25N3O/c1-15(2,3)16-11-13(19)12-7-6-8-14(17-12)18-9-4-5-10-18/h6-8,13,16,19H,4-5,9-11H2,1-3H3/t13-/m1/s1. The van der Waals surface area contributed by atoms with Crippen molar-refractivity contribution >= 4 is 5.82 Å². The molecule has 2 heterocycles. The molecule has 106 valence electrons. The SMILES string of the molecule is CC(C)(C)NC[C@@H](O)c1cccc(N2CCCC2)n1. The van der Waals surface area contributed by atoms with Gasteiger partial charge in [0.25, 0.3) is 0 Å². The topological polar surface area (TPSA) is 48.4 Å². The van der Waals surface area contributed by atoms with Crippen molar-refractivity contribution in [2.45, 2.75) is 45.3 Å². The monoisotopic (exact) mass is 263 g/mol. The maximum absolute atomic E-state index is 10.2. The number of nitrogens with zero attached hydrogens (tertiary/aromatic N) is 2. The van der Waals surface area contributed by atoms with E-state index in [1.165, 1.54) is 12.8 Å². The van der Waals surface area contributed by atoms with E-state index in [4.69, 9.17) is 0 Å². The Hall–Kier alpha value is -1.13. The molecule has 4 nitrogen and oxygen atoms in total. The van der Waals surface area contributed by atoms with Gasteiger partial charge in [0.05, 0.1) is 5.69 Å². The summed E-state index contributed by atoms with van der Waals surface area (Å²) in [5, 5.41) is 13.5. The summed E-state index contributed by atoms with van der Waals surface area (Å²) < 4.78 is 0. The molecule has 1 saturated heterocycles. The molecule has 0 amide bonds. The van der Waals surface area contributed by atoms with Gasteiger partial charge in [0.1, 0.15) is 11.9 Å². The number of pyridine rings is 1. The van der Waals surface area contributed by atoms with Crippen molar-refractivity contribution in [2.75, 3.05) is 24.5 Å². The van der Waals surface area contributed by atoms with Gasteiger partial charge in [-0.15, -0.1) is 0 Å². The minimum absolute atomic E-state index is 0.00748. The van der Waals surface area contributed by atoms with E-state index >= 15 is 0 Å². The molecular weight excluding hydrogens is 238 g/mol. The van der Waals surface area contributed by atoms with Gasteiger partial charge < -0.3 is 15.3 Å². The lowest BCUT2D eigenvalue weighted by molar-refractivity contribution is 0.159. The van der Waals surface area contributed by atoms with Crippen LogP contribution in [0.25, 0.3) is 0 Å². The molecule has 0 radical (unpaired) electrons. The average Bonchev–Trinajstić information content (AvgIpc) is 2.89. The van der Waals surface area contributed by atoms with Crippen molar-refractivity contribution in [1.29, 1.82) is 0 Å². The van der Waals surface area contributed by atoms with E-state index in [1.807, 2.05) is 18.2 Å². The molecule has 0 saturated carbocycles. The van der Waals surface area contributed by atoms with Crippen LogP contribution in [0.3, 0.4) is 0 Å². The van der Waals surface area contributed by atoms with E-state index in [9.17, 15) is 5.11 Å². The Bertz CT molecular complexity index is 408. The molecule has 0 bridgehead atoms. The van der Waals surface area contributed by atoms with Crippen molar-refractivity contribution < 1.29 is 5.11 Å². The highest BCUT2D eigenvalue weighted by Crippen LogP contribution is 2.20. The minimum Gasteiger partial charge on any atom is -0.385 e. The quantitative estimate of drug-likeness (QED) is 0.873. The Kier molecular flexibility index (Phi) is 4.42. The first-order valence-corrected chi connectivity index (χ1v) is 7.11. The van der Waals surface area contributed by atoms with E-state index in [2.05, 4.69) is 36.0 Å². The Labute approximate surface area is 115 Å². The van der Waals surface area contributed by atoms with Gasteiger partial charge in [0, 0.05) is 25.2 Å². The lowest BCUT2D eigenvalue weighted by atomic mass is 10.1. The molecule has 0 spiro atoms. The van der Waals surface area contributed by atoms with Gasteiger partial charge in [-0.2, -0.15) is 0 Å². The molecule has 1 aliphatic heterocycles. The van der Waals surface area contributed by atoms with E-state index in [1.54, 1.807) is 0 Å². The Morgan fingerprint density at radius 1 is 1.32 bits per heavy atom. The highest BCUT2D eigenvalue weighted by atomic mass is 16.3. The molecule has 1 atom stereocenters. The predicted molar refractivity (Wildman–Crippen MR) is 78.4 cm³/mol. The fourth-order valence-electron chi connectivity index (χ4n) is 2.25. The maximum atomic E-state index is 10.2. The van der Waals surface area contributed by atoms with E-state index in [0.717, 1.165) is 24.6 Å². The van der Waals surface area contributed by atoms with Crippen LogP contribution in [-0.2, 0) is 0 Å². The smallest absolute Gasteiger partial charge is 0.128 e. The van der Waals surface area contributed by atoms with Gasteiger partial charge >= 0.3 is 0 Å². The number of aromatic nitrogens is 1. The summed E-state index contributed by atoms with van der Waals surface area (Å²) in [6.45, 7) is 8.95. The van der Waals surface area contributed by atoms with Crippen LogP contribution in [0, 0.1) is 0 Å². The number of rotatable bonds is 4. The summed E-state index contributed by atoms with van der Waals surface area (Å²) in [5.74, 6) is 0.991. The summed E-state index contributed by atoms with van der Waals surface area (Å²) >= 11 is 0. The zero-order valence-electron chi connectivity index (χ0n) is 12.2. The largest absolute Gasteiger partial charge is 0.385 e. The number of hydrogen-bond acceptors (Lipinski definition) is 4. The summed E-state index contributed by atoms with van der Waals surface area (Å²) in [6, 6.07) is 5.91. The van der Waals surface area contributed by atoms with Crippen molar-refractivity contribution in [3.05, 3.63) is 23.9 Å². The number of aliphatic hydroxyl groups is 1. The van der Waals surface area contributed by atoms with Gasteiger partial charge in [-0.3, -0.25) is 0 Å². The number of hydrogen-bond donors (Lipinski definition) is 2. The molecule has 1 aromatic rings. The lowest BCUT2D eigenvalue weighted by Gasteiger charge is -2.23. The summed E-state index contributed by atoms with van der Waals surface area (Å²) in [5.41, 5.74) is 0.759. The van der Waals surface area contributed by atoms with Crippen molar-refractivity contribution in [3.8, 4) is 0 Å². The normalized spacial score (nSPS) is 17.8. The molecule has 2 N–H and O–H groups in total. The first kappa shape index (κ1) is 14.3.